The first-order valence-corrected chi connectivity index (χ1v) is 14.4. The molecule has 0 spiro atoms. The summed E-state index contributed by atoms with van der Waals surface area (Å²) in [5.41, 5.74) is 2.17. The molecule has 0 heterocycles. The number of esters is 1. The number of rotatable bonds is 18. The smallest absolute Gasteiger partial charge is 0.306 e. The van der Waals surface area contributed by atoms with E-state index >= 15 is 0 Å². The monoisotopic (exact) mass is 494 g/mol. The van der Waals surface area contributed by atoms with E-state index in [0.29, 0.717) is 18.3 Å². The molecule has 1 aromatic carbocycles. The van der Waals surface area contributed by atoms with Crippen molar-refractivity contribution >= 4 is 17.7 Å². The fourth-order valence-electron chi connectivity index (χ4n) is 4.81. The molecule has 6 heteroatoms. The molecule has 2 N–H and O–H groups in total. The number of carbonyl (C=O) groups excluding carboxylic acids is 1. The van der Waals surface area contributed by atoms with Gasteiger partial charge in [-0.3, -0.25) is 4.79 Å². The van der Waals surface area contributed by atoms with Crippen LogP contribution >= 0.6 is 11.8 Å². The van der Waals surface area contributed by atoms with Gasteiger partial charge in [-0.2, -0.15) is 11.8 Å². The van der Waals surface area contributed by atoms with Crippen molar-refractivity contribution in [2.24, 2.45) is 0 Å². The van der Waals surface area contributed by atoms with E-state index in [4.69, 9.17) is 9.47 Å². The molecule has 2 rings (SSSR count). The standard InChI is InChI=1S/C28H46O5S/c1-3-4-5-6-7-8-9-12-19-33-27-23(22-14-10-11-15-22)16-13-17-24(27)28(25(30)21-29)34-20-18-26(31)32-2/h13,16-17,22,25,28-30H,3-12,14-15,18-21H2,1-2H3. The van der Waals surface area contributed by atoms with E-state index in [9.17, 15) is 15.0 Å². The maximum Gasteiger partial charge on any atom is 0.306 e. The quantitative estimate of drug-likeness (QED) is 0.178. The van der Waals surface area contributed by atoms with Crippen molar-refractivity contribution in [2.45, 2.75) is 108 Å². The fourth-order valence-corrected chi connectivity index (χ4v) is 6.02. The molecule has 0 bridgehead atoms. The Hall–Kier alpha value is -1.24. The van der Waals surface area contributed by atoms with Crippen molar-refractivity contribution < 1.29 is 24.5 Å². The van der Waals surface area contributed by atoms with E-state index in [1.807, 2.05) is 12.1 Å². The normalized spacial score (nSPS) is 15.9. The Kier molecular flexibility index (Phi) is 14.7. The molecule has 5 nitrogen and oxygen atoms in total. The minimum absolute atomic E-state index is 0.268. The van der Waals surface area contributed by atoms with E-state index in [2.05, 4.69) is 13.0 Å². The fraction of sp³-hybridized carbons (Fsp3) is 0.750. The second kappa shape index (κ2) is 17.2. The minimum Gasteiger partial charge on any atom is -0.493 e. The molecule has 0 aliphatic heterocycles. The van der Waals surface area contributed by atoms with E-state index in [1.165, 1.54) is 95.1 Å². The highest BCUT2D eigenvalue weighted by Crippen LogP contribution is 2.45. The van der Waals surface area contributed by atoms with Gasteiger partial charge in [-0.15, -0.1) is 0 Å². The maximum absolute atomic E-state index is 11.6. The first kappa shape index (κ1) is 29.0. The molecule has 0 radical (unpaired) electrons. The number of ether oxygens (including phenoxy) is 2. The summed E-state index contributed by atoms with van der Waals surface area (Å²) in [5, 5.41) is 20.1. The number of hydrogen-bond acceptors (Lipinski definition) is 6. The van der Waals surface area contributed by atoms with Gasteiger partial charge >= 0.3 is 5.97 Å². The number of aliphatic hydroxyl groups is 2. The van der Waals surface area contributed by atoms with E-state index < -0.39 is 6.10 Å². The van der Waals surface area contributed by atoms with Crippen LogP contribution in [0.3, 0.4) is 0 Å². The van der Waals surface area contributed by atoms with Crippen LogP contribution in [-0.4, -0.2) is 48.4 Å². The van der Waals surface area contributed by atoms with Gasteiger partial charge in [0.05, 0.1) is 38.1 Å². The molecule has 1 aromatic rings. The number of unbranched alkanes of at least 4 members (excludes halogenated alkanes) is 7. The lowest BCUT2D eigenvalue weighted by atomic mass is 9.92. The number of carbonyl (C=O) groups is 1. The van der Waals surface area contributed by atoms with Gasteiger partial charge in [-0.25, -0.2) is 0 Å². The van der Waals surface area contributed by atoms with E-state index in [1.54, 1.807) is 0 Å². The lowest BCUT2D eigenvalue weighted by molar-refractivity contribution is -0.140. The Morgan fingerprint density at radius 2 is 1.76 bits per heavy atom. The average Bonchev–Trinajstić information content (AvgIpc) is 3.40. The number of hydrogen-bond donors (Lipinski definition) is 2. The minimum atomic E-state index is -0.924. The largest absolute Gasteiger partial charge is 0.493 e. The van der Waals surface area contributed by atoms with Crippen molar-refractivity contribution in [1.82, 2.24) is 0 Å². The molecule has 1 fully saturated rings. The van der Waals surface area contributed by atoms with Crippen molar-refractivity contribution in [1.29, 1.82) is 0 Å². The van der Waals surface area contributed by atoms with Crippen LogP contribution in [0, 0.1) is 0 Å². The summed E-state index contributed by atoms with van der Waals surface area (Å²) in [5.74, 6) is 1.62. The topological polar surface area (TPSA) is 76.0 Å². The van der Waals surface area contributed by atoms with Crippen LogP contribution in [0.2, 0.25) is 0 Å². The van der Waals surface area contributed by atoms with Gasteiger partial charge in [0.25, 0.3) is 0 Å². The molecule has 2 atom stereocenters. The van der Waals surface area contributed by atoms with Crippen LogP contribution in [0.25, 0.3) is 0 Å². The van der Waals surface area contributed by atoms with Gasteiger partial charge in [-0.05, 0) is 30.7 Å². The van der Waals surface area contributed by atoms with Crippen LogP contribution in [0.15, 0.2) is 18.2 Å². The highest BCUT2D eigenvalue weighted by atomic mass is 32.2. The summed E-state index contributed by atoms with van der Waals surface area (Å²) in [6.07, 6.45) is 14.2. The SMILES string of the molecule is CCCCCCCCCCOc1c(C2CCCC2)cccc1C(SCCC(=O)OC)C(O)CO. The van der Waals surface area contributed by atoms with Gasteiger partial charge in [0.2, 0.25) is 0 Å². The number of thioether (sulfide) groups is 1. The predicted molar refractivity (Wildman–Crippen MR) is 141 cm³/mol. The zero-order valence-corrected chi connectivity index (χ0v) is 22.1. The number of para-hydroxylation sites is 1. The zero-order chi connectivity index (χ0) is 24.6. The summed E-state index contributed by atoms with van der Waals surface area (Å²) in [7, 11) is 1.38. The first-order chi connectivity index (χ1) is 16.6. The van der Waals surface area contributed by atoms with Crippen LogP contribution in [0.1, 0.15) is 113 Å². The lowest BCUT2D eigenvalue weighted by Gasteiger charge is -2.27. The maximum atomic E-state index is 11.6. The van der Waals surface area contributed by atoms with Crippen molar-refractivity contribution in [2.75, 3.05) is 26.1 Å². The number of benzene rings is 1. The Labute approximate surface area is 211 Å². The second-order valence-electron chi connectivity index (χ2n) is 9.44. The Bertz CT molecular complexity index is 689. The third-order valence-electron chi connectivity index (χ3n) is 6.79. The molecular weight excluding hydrogens is 448 g/mol. The molecule has 34 heavy (non-hydrogen) atoms. The van der Waals surface area contributed by atoms with Crippen LogP contribution in [-0.2, 0) is 9.53 Å². The van der Waals surface area contributed by atoms with E-state index in [-0.39, 0.29) is 24.2 Å². The van der Waals surface area contributed by atoms with Gasteiger partial charge < -0.3 is 19.7 Å². The second-order valence-corrected chi connectivity index (χ2v) is 10.7. The molecular formula is C28H46O5S. The van der Waals surface area contributed by atoms with Crippen molar-refractivity contribution in [3.05, 3.63) is 29.3 Å². The molecule has 0 amide bonds. The lowest BCUT2D eigenvalue weighted by Crippen LogP contribution is -2.22. The highest BCUT2D eigenvalue weighted by Gasteiger charge is 2.29. The van der Waals surface area contributed by atoms with Gasteiger partial charge in [0.1, 0.15) is 5.75 Å². The summed E-state index contributed by atoms with van der Waals surface area (Å²) in [6, 6.07) is 6.23. The van der Waals surface area contributed by atoms with Crippen LogP contribution in [0.4, 0.5) is 0 Å². The third kappa shape index (κ3) is 9.79. The molecule has 1 saturated carbocycles. The van der Waals surface area contributed by atoms with Crippen molar-refractivity contribution in [3.63, 3.8) is 0 Å². The molecule has 1 aliphatic carbocycles. The molecule has 0 saturated heterocycles. The average molecular weight is 495 g/mol. The third-order valence-corrected chi connectivity index (χ3v) is 8.16. The highest BCUT2D eigenvalue weighted by molar-refractivity contribution is 7.99. The molecule has 2 unspecified atom stereocenters. The van der Waals surface area contributed by atoms with Crippen LogP contribution in [0.5, 0.6) is 5.75 Å². The van der Waals surface area contributed by atoms with Gasteiger partial charge in [0.15, 0.2) is 0 Å². The summed E-state index contributed by atoms with van der Waals surface area (Å²) in [4.78, 5) is 11.6. The summed E-state index contributed by atoms with van der Waals surface area (Å²) in [6.45, 7) is 2.58. The van der Waals surface area contributed by atoms with Crippen LogP contribution < -0.4 is 4.74 Å². The molecule has 1 aliphatic rings. The number of methoxy groups -OCH3 is 1. The summed E-state index contributed by atoms with van der Waals surface area (Å²) < 4.78 is 11.2. The van der Waals surface area contributed by atoms with Gasteiger partial charge in [0, 0.05) is 11.3 Å². The van der Waals surface area contributed by atoms with E-state index in [0.717, 1.165) is 17.7 Å². The predicted octanol–water partition coefficient (Wildman–Crippen LogP) is 6.55. The van der Waals surface area contributed by atoms with Crippen molar-refractivity contribution in [3.8, 4) is 5.75 Å². The number of aliphatic hydroxyl groups excluding tert-OH is 2. The Balaban J connectivity index is 2.08. The zero-order valence-electron chi connectivity index (χ0n) is 21.3. The Morgan fingerprint density at radius 3 is 2.41 bits per heavy atom. The summed E-state index contributed by atoms with van der Waals surface area (Å²) >= 11 is 1.48. The Morgan fingerprint density at radius 1 is 1.09 bits per heavy atom. The van der Waals surface area contributed by atoms with Gasteiger partial charge in [-0.1, -0.05) is 82.9 Å². The molecule has 194 valence electrons. The molecule has 0 aromatic heterocycles. The first-order valence-electron chi connectivity index (χ1n) is 13.3.